The Labute approximate surface area is 160 Å². The molecule has 6 heteroatoms. The lowest BCUT2D eigenvalue weighted by Crippen LogP contribution is -2.37. The van der Waals surface area contributed by atoms with Gasteiger partial charge in [-0.3, -0.25) is 4.79 Å². The number of hydrogen-bond donors (Lipinski definition) is 1. The minimum absolute atomic E-state index is 0.0124. The fraction of sp³-hybridized carbons (Fsp3) is 0.571. The smallest absolute Gasteiger partial charge is 0.224 e. The number of fused-ring (bicyclic) bond motifs is 2. The van der Waals surface area contributed by atoms with E-state index in [0.717, 1.165) is 43.8 Å². The van der Waals surface area contributed by atoms with Crippen LogP contribution < -0.4 is 5.32 Å². The lowest BCUT2D eigenvalue weighted by atomic mass is 9.89. The number of carbonyl (C=O) groups is 1. The average molecular weight is 368 g/mol. The Morgan fingerprint density at radius 2 is 2.15 bits per heavy atom. The quantitative estimate of drug-likeness (QED) is 0.796. The van der Waals surface area contributed by atoms with E-state index in [9.17, 15) is 4.79 Å². The Morgan fingerprint density at radius 1 is 1.26 bits per heavy atom. The number of carbonyl (C=O) groups excluding carboxylic acids is 1. The van der Waals surface area contributed by atoms with E-state index < -0.39 is 0 Å². The van der Waals surface area contributed by atoms with Gasteiger partial charge in [-0.1, -0.05) is 24.3 Å². The van der Waals surface area contributed by atoms with Gasteiger partial charge in [0.05, 0.1) is 12.0 Å². The largest absolute Gasteiger partial charge is 0.373 e. The van der Waals surface area contributed by atoms with Crippen LogP contribution in [0.25, 0.3) is 0 Å². The summed E-state index contributed by atoms with van der Waals surface area (Å²) in [6, 6.07) is 8.59. The Kier molecular flexibility index (Phi) is 5.53. The molecule has 4 rings (SSSR count). The van der Waals surface area contributed by atoms with Crippen molar-refractivity contribution in [3.8, 4) is 0 Å². The SMILES string of the molecule is Cc1nnc2n1C[C@@H](C(=O)NCCCO[C@@H]1CCCc3ccccc31)CC2. The molecule has 2 aromatic rings. The van der Waals surface area contributed by atoms with Gasteiger partial charge in [-0.25, -0.2) is 0 Å². The van der Waals surface area contributed by atoms with Crippen LogP contribution in [-0.4, -0.2) is 33.8 Å². The fourth-order valence-electron chi connectivity index (χ4n) is 4.21. The van der Waals surface area contributed by atoms with Gasteiger partial charge in [-0.2, -0.15) is 0 Å². The van der Waals surface area contributed by atoms with Crippen LogP contribution >= 0.6 is 0 Å². The molecule has 2 heterocycles. The molecule has 1 aliphatic heterocycles. The zero-order valence-corrected chi connectivity index (χ0v) is 16.0. The fourth-order valence-corrected chi connectivity index (χ4v) is 4.21. The molecule has 0 saturated carbocycles. The topological polar surface area (TPSA) is 69.0 Å². The number of ether oxygens (including phenoxy) is 1. The minimum atomic E-state index is 0.0124. The van der Waals surface area contributed by atoms with Crippen molar-refractivity contribution in [2.75, 3.05) is 13.2 Å². The third-order valence-electron chi connectivity index (χ3n) is 5.76. The van der Waals surface area contributed by atoms with Crippen LogP contribution in [0.3, 0.4) is 0 Å². The molecule has 2 atom stereocenters. The molecule has 27 heavy (non-hydrogen) atoms. The van der Waals surface area contributed by atoms with Crippen molar-refractivity contribution in [3.05, 3.63) is 47.0 Å². The highest BCUT2D eigenvalue weighted by molar-refractivity contribution is 5.78. The normalized spacial score (nSPS) is 21.4. The standard InChI is InChI=1S/C21H28N4O2/c1-15-23-24-20-11-10-17(14-25(15)20)21(26)22-12-5-13-27-19-9-4-7-16-6-2-3-8-18(16)19/h2-3,6,8,17,19H,4-5,7,9-14H2,1H3,(H,22,26)/t17-,19+/m0/s1. The summed E-state index contributed by atoms with van der Waals surface area (Å²) in [5, 5.41) is 11.3. The number of amides is 1. The molecule has 0 bridgehead atoms. The molecule has 144 valence electrons. The second-order valence-corrected chi connectivity index (χ2v) is 7.60. The third kappa shape index (κ3) is 4.05. The number of rotatable bonds is 6. The van der Waals surface area contributed by atoms with Gasteiger partial charge < -0.3 is 14.6 Å². The monoisotopic (exact) mass is 368 g/mol. The summed E-state index contributed by atoms with van der Waals surface area (Å²) < 4.78 is 8.18. The van der Waals surface area contributed by atoms with E-state index in [1.807, 2.05) is 6.92 Å². The van der Waals surface area contributed by atoms with E-state index in [-0.39, 0.29) is 17.9 Å². The van der Waals surface area contributed by atoms with Gasteiger partial charge in [0, 0.05) is 26.1 Å². The maximum Gasteiger partial charge on any atom is 0.224 e. The number of aromatic nitrogens is 3. The number of hydrogen-bond acceptors (Lipinski definition) is 4. The molecule has 1 aromatic carbocycles. The first kappa shape index (κ1) is 18.2. The second kappa shape index (κ2) is 8.21. The maximum absolute atomic E-state index is 12.5. The van der Waals surface area contributed by atoms with Crippen molar-refractivity contribution in [3.63, 3.8) is 0 Å². The van der Waals surface area contributed by atoms with Crippen molar-refractivity contribution in [1.82, 2.24) is 20.1 Å². The minimum Gasteiger partial charge on any atom is -0.373 e. The zero-order chi connectivity index (χ0) is 18.6. The highest BCUT2D eigenvalue weighted by Gasteiger charge is 2.26. The van der Waals surface area contributed by atoms with Crippen molar-refractivity contribution in [2.24, 2.45) is 5.92 Å². The van der Waals surface area contributed by atoms with Gasteiger partial charge in [-0.15, -0.1) is 10.2 Å². The molecule has 6 nitrogen and oxygen atoms in total. The number of benzene rings is 1. The molecule has 1 N–H and O–H groups in total. The molecule has 1 aromatic heterocycles. The predicted molar refractivity (Wildman–Crippen MR) is 102 cm³/mol. The summed E-state index contributed by atoms with van der Waals surface area (Å²) in [6.45, 7) is 3.98. The van der Waals surface area contributed by atoms with Crippen LogP contribution in [0, 0.1) is 12.8 Å². The first-order chi connectivity index (χ1) is 13.2. The van der Waals surface area contributed by atoms with Gasteiger partial charge >= 0.3 is 0 Å². The number of nitrogens with zero attached hydrogens (tertiary/aromatic N) is 3. The van der Waals surface area contributed by atoms with E-state index in [1.165, 1.54) is 17.5 Å². The Bertz CT molecular complexity index is 801. The van der Waals surface area contributed by atoms with Crippen LogP contribution in [0.4, 0.5) is 0 Å². The molecule has 1 amide bonds. The summed E-state index contributed by atoms with van der Waals surface area (Å²) in [4.78, 5) is 12.5. The Balaban J connectivity index is 1.19. The van der Waals surface area contributed by atoms with Crippen LogP contribution in [0.15, 0.2) is 24.3 Å². The molecule has 1 aliphatic carbocycles. The molecule has 0 fully saturated rings. The molecule has 0 unspecified atom stereocenters. The highest BCUT2D eigenvalue weighted by Crippen LogP contribution is 2.32. The van der Waals surface area contributed by atoms with Crippen LogP contribution in [-0.2, 0) is 28.9 Å². The summed E-state index contributed by atoms with van der Waals surface area (Å²) in [5.41, 5.74) is 2.76. The number of nitrogens with one attached hydrogen (secondary N) is 1. The van der Waals surface area contributed by atoms with Gasteiger partial charge in [0.25, 0.3) is 0 Å². The number of aryl methyl sites for hydroxylation is 3. The van der Waals surface area contributed by atoms with E-state index in [1.54, 1.807) is 0 Å². The van der Waals surface area contributed by atoms with Gasteiger partial charge in [0.2, 0.25) is 5.91 Å². The molecular weight excluding hydrogens is 340 g/mol. The molecular formula is C21H28N4O2. The van der Waals surface area contributed by atoms with Crippen LogP contribution in [0.1, 0.15) is 54.6 Å². The zero-order valence-electron chi connectivity index (χ0n) is 16.0. The summed E-state index contributed by atoms with van der Waals surface area (Å²) in [5.74, 6) is 2.04. The molecule has 0 spiro atoms. The van der Waals surface area contributed by atoms with Gasteiger partial charge in [0.15, 0.2) is 0 Å². The van der Waals surface area contributed by atoms with Crippen molar-refractivity contribution in [2.45, 2.75) is 58.1 Å². The van der Waals surface area contributed by atoms with E-state index >= 15 is 0 Å². The molecule has 2 aliphatic rings. The van der Waals surface area contributed by atoms with Crippen LogP contribution in [0.2, 0.25) is 0 Å². The van der Waals surface area contributed by atoms with Gasteiger partial charge in [0.1, 0.15) is 11.6 Å². The molecule has 0 radical (unpaired) electrons. The maximum atomic E-state index is 12.5. The average Bonchev–Trinajstić information content (AvgIpc) is 3.08. The Morgan fingerprint density at radius 3 is 3.07 bits per heavy atom. The van der Waals surface area contributed by atoms with Crippen molar-refractivity contribution in [1.29, 1.82) is 0 Å². The summed E-state index contributed by atoms with van der Waals surface area (Å²) in [6.07, 6.45) is 6.15. The Hall–Kier alpha value is -2.21. The first-order valence-electron chi connectivity index (χ1n) is 10.1. The lowest BCUT2D eigenvalue weighted by molar-refractivity contribution is -0.126. The van der Waals surface area contributed by atoms with Crippen molar-refractivity contribution < 1.29 is 9.53 Å². The second-order valence-electron chi connectivity index (χ2n) is 7.60. The van der Waals surface area contributed by atoms with Crippen molar-refractivity contribution >= 4 is 5.91 Å². The predicted octanol–water partition coefficient (Wildman–Crippen LogP) is 2.75. The van der Waals surface area contributed by atoms with E-state index in [0.29, 0.717) is 19.7 Å². The lowest BCUT2D eigenvalue weighted by Gasteiger charge is -2.26. The van der Waals surface area contributed by atoms with E-state index in [4.69, 9.17) is 4.74 Å². The van der Waals surface area contributed by atoms with E-state index in [2.05, 4.69) is 44.3 Å². The van der Waals surface area contributed by atoms with Crippen LogP contribution in [0.5, 0.6) is 0 Å². The molecule has 0 saturated heterocycles. The summed E-state index contributed by atoms with van der Waals surface area (Å²) in [7, 11) is 0. The highest BCUT2D eigenvalue weighted by atomic mass is 16.5. The third-order valence-corrected chi connectivity index (χ3v) is 5.76. The van der Waals surface area contributed by atoms with Gasteiger partial charge in [-0.05, 0) is 50.2 Å². The summed E-state index contributed by atoms with van der Waals surface area (Å²) >= 11 is 0. The first-order valence-corrected chi connectivity index (χ1v) is 10.1.